The number of benzene rings is 1. The Bertz CT molecular complexity index is 415. The van der Waals surface area contributed by atoms with Crippen LogP contribution in [-0.2, 0) is 0 Å². The number of hydrogen-bond donors (Lipinski definition) is 3. The van der Waals surface area contributed by atoms with Crippen LogP contribution >= 0.6 is 11.8 Å². The van der Waals surface area contributed by atoms with E-state index in [4.69, 9.17) is 5.11 Å². The molecule has 0 bridgehead atoms. The molecule has 112 valence electrons. The lowest BCUT2D eigenvalue weighted by molar-refractivity contribution is 0.237. The molecule has 0 heterocycles. The van der Waals surface area contributed by atoms with E-state index < -0.39 is 5.76 Å². The first kappa shape index (κ1) is 16.7. The van der Waals surface area contributed by atoms with E-state index in [9.17, 15) is 13.6 Å². The Morgan fingerprint density at radius 1 is 1.35 bits per heavy atom. The summed E-state index contributed by atoms with van der Waals surface area (Å²) in [6.45, 7) is 1.93. The topological polar surface area (TPSA) is 61.4 Å². The van der Waals surface area contributed by atoms with Crippen LogP contribution in [0, 0.1) is 0 Å². The first-order valence-corrected chi connectivity index (χ1v) is 7.16. The maximum absolute atomic E-state index is 12.1. The van der Waals surface area contributed by atoms with Gasteiger partial charge in [0.25, 0.3) is 5.76 Å². The van der Waals surface area contributed by atoms with Crippen molar-refractivity contribution in [2.75, 3.05) is 11.9 Å². The lowest BCUT2D eigenvalue weighted by atomic mass is 10.2. The van der Waals surface area contributed by atoms with Gasteiger partial charge in [0, 0.05) is 23.2 Å². The number of urea groups is 1. The van der Waals surface area contributed by atoms with Crippen LogP contribution in [0.5, 0.6) is 0 Å². The molecule has 4 nitrogen and oxygen atoms in total. The Kier molecular flexibility index (Phi) is 7.32. The number of carbonyl (C=O) groups is 1. The number of nitrogens with one attached hydrogen (secondary N) is 2. The van der Waals surface area contributed by atoms with Crippen molar-refractivity contribution < 1.29 is 18.7 Å². The Morgan fingerprint density at radius 2 is 2.00 bits per heavy atom. The van der Waals surface area contributed by atoms with Gasteiger partial charge in [-0.1, -0.05) is 18.7 Å². The van der Waals surface area contributed by atoms with Crippen LogP contribution in [0.1, 0.15) is 19.8 Å². The fourth-order valence-electron chi connectivity index (χ4n) is 1.61. The van der Waals surface area contributed by atoms with Crippen LogP contribution in [0.3, 0.4) is 0 Å². The lowest BCUT2D eigenvalue weighted by Crippen LogP contribution is -2.38. The molecule has 2 amide bonds. The highest BCUT2D eigenvalue weighted by atomic mass is 32.2. The van der Waals surface area contributed by atoms with E-state index in [0.717, 1.165) is 6.42 Å². The van der Waals surface area contributed by atoms with Crippen molar-refractivity contribution in [1.29, 1.82) is 0 Å². The number of carbonyl (C=O) groups excluding carboxylic acids is 1. The second-order valence-corrected chi connectivity index (χ2v) is 5.18. The normalized spacial score (nSPS) is 12.2. The molecular weight excluding hydrogens is 286 g/mol. The summed E-state index contributed by atoms with van der Waals surface area (Å²) in [6, 6.07) is 5.72. The van der Waals surface area contributed by atoms with Crippen molar-refractivity contribution in [2.45, 2.75) is 36.5 Å². The Balaban J connectivity index is 2.49. The summed E-state index contributed by atoms with van der Waals surface area (Å²) in [7, 11) is 0. The molecule has 0 aliphatic heterocycles. The summed E-state index contributed by atoms with van der Waals surface area (Å²) < 4.78 is 24.3. The Morgan fingerprint density at radius 3 is 2.50 bits per heavy atom. The number of hydrogen-bond acceptors (Lipinski definition) is 3. The molecule has 1 unspecified atom stereocenters. The van der Waals surface area contributed by atoms with Gasteiger partial charge < -0.3 is 15.7 Å². The third-order valence-corrected chi connectivity index (χ3v) is 3.37. The van der Waals surface area contributed by atoms with E-state index in [0.29, 0.717) is 28.8 Å². The Labute approximate surface area is 120 Å². The van der Waals surface area contributed by atoms with Crippen LogP contribution in [0.2, 0.25) is 0 Å². The molecule has 0 saturated carbocycles. The van der Waals surface area contributed by atoms with Gasteiger partial charge in [-0.05, 0) is 37.1 Å². The highest BCUT2D eigenvalue weighted by molar-refractivity contribution is 7.99. The van der Waals surface area contributed by atoms with E-state index in [1.54, 1.807) is 12.1 Å². The van der Waals surface area contributed by atoms with Crippen molar-refractivity contribution in [2.24, 2.45) is 0 Å². The van der Waals surface area contributed by atoms with Crippen molar-refractivity contribution in [3.8, 4) is 0 Å². The molecule has 1 rings (SSSR count). The SMILES string of the molecule is CCC(CCO)NC(=O)Nc1ccc(SC(F)F)cc1. The summed E-state index contributed by atoms with van der Waals surface area (Å²) in [5.41, 5.74) is 0.528. The second kappa shape index (κ2) is 8.76. The zero-order chi connectivity index (χ0) is 15.0. The van der Waals surface area contributed by atoms with Crippen molar-refractivity contribution in [3.05, 3.63) is 24.3 Å². The molecule has 3 N–H and O–H groups in total. The summed E-state index contributed by atoms with van der Waals surface area (Å²) in [6.07, 6.45) is 1.21. The number of halogens is 2. The van der Waals surface area contributed by atoms with E-state index >= 15 is 0 Å². The largest absolute Gasteiger partial charge is 0.396 e. The molecule has 20 heavy (non-hydrogen) atoms. The van der Waals surface area contributed by atoms with Crippen molar-refractivity contribution >= 4 is 23.5 Å². The summed E-state index contributed by atoms with van der Waals surface area (Å²) in [5, 5.41) is 14.2. The van der Waals surface area contributed by atoms with Gasteiger partial charge >= 0.3 is 6.03 Å². The van der Waals surface area contributed by atoms with Crippen LogP contribution < -0.4 is 10.6 Å². The molecule has 1 atom stereocenters. The number of amides is 2. The maximum Gasteiger partial charge on any atom is 0.319 e. The Hall–Kier alpha value is -1.34. The average molecular weight is 304 g/mol. The van der Waals surface area contributed by atoms with Crippen LogP contribution in [0.4, 0.5) is 19.3 Å². The van der Waals surface area contributed by atoms with E-state index in [2.05, 4.69) is 10.6 Å². The fraction of sp³-hybridized carbons (Fsp3) is 0.462. The summed E-state index contributed by atoms with van der Waals surface area (Å²) >= 11 is 0.457. The third kappa shape index (κ3) is 6.21. The molecular formula is C13H18F2N2O2S. The standard InChI is InChI=1S/C13H18F2N2O2S/c1-2-9(7-8-18)16-13(19)17-10-3-5-11(6-4-10)20-12(14)15/h3-6,9,12,18H,2,7-8H2,1H3,(H2,16,17,19). The van der Waals surface area contributed by atoms with E-state index in [1.807, 2.05) is 6.92 Å². The van der Waals surface area contributed by atoms with Gasteiger partial charge in [-0.15, -0.1) is 0 Å². The lowest BCUT2D eigenvalue weighted by Gasteiger charge is -2.16. The highest BCUT2D eigenvalue weighted by Gasteiger charge is 2.10. The summed E-state index contributed by atoms with van der Waals surface area (Å²) in [4.78, 5) is 12.1. The molecule has 7 heteroatoms. The first-order valence-electron chi connectivity index (χ1n) is 6.28. The smallest absolute Gasteiger partial charge is 0.319 e. The van der Waals surface area contributed by atoms with Gasteiger partial charge in [0.1, 0.15) is 0 Å². The number of rotatable bonds is 7. The first-order chi connectivity index (χ1) is 9.55. The number of alkyl halides is 2. The molecule has 1 aromatic rings. The molecule has 0 fully saturated rings. The molecule has 0 spiro atoms. The minimum Gasteiger partial charge on any atom is -0.396 e. The number of anilines is 1. The molecule has 0 aromatic heterocycles. The molecule has 0 saturated heterocycles. The highest BCUT2D eigenvalue weighted by Crippen LogP contribution is 2.26. The molecule has 0 radical (unpaired) electrons. The fourth-order valence-corrected chi connectivity index (χ4v) is 2.11. The minimum atomic E-state index is -2.46. The third-order valence-electron chi connectivity index (χ3n) is 2.64. The summed E-state index contributed by atoms with van der Waals surface area (Å²) in [5.74, 6) is -2.46. The van der Waals surface area contributed by atoms with Crippen LogP contribution in [0.15, 0.2) is 29.2 Å². The average Bonchev–Trinajstić information content (AvgIpc) is 2.40. The molecule has 0 aliphatic carbocycles. The van der Waals surface area contributed by atoms with Gasteiger partial charge in [0.05, 0.1) is 0 Å². The second-order valence-electron chi connectivity index (χ2n) is 4.12. The van der Waals surface area contributed by atoms with E-state index in [-0.39, 0.29) is 18.7 Å². The molecule has 1 aromatic carbocycles. The maximum atomic E-state index is 12.1. The zero-order valence-corrected chi connectivity index (χ0v) is 11.9. The minimum absolute atomic E-state index is 0.0122. The van der Waals surface area contributed by atoms with Crippen molar-refractivity contribution in [3.63, 3.8) is 0 Å². The van der Waals surface area contributed by atoms with Crippen LogP contribution in [0.25, 0.3) is 0 Å². The van der Waals surface area contributed by atoms with Gasteiger partial charge in [-0.25, -0.2) is 4.79 Å². The monoisotopic (exact) mass is 304 g/mol. The van der Waals surface area contributed by atoms with Crippen molar-refractivity contribution in [1.82, 2.24) is 5.32 Å². The van der Waals surface area contributed by atoms with Gasteiger partial charge in [0.15, 0.2) is 0 Å². The quantitative estimate of drug-likeness (QED) is 0.677. The van der Waals surface area contributed by atoms with E-state index in [1.165, 1.54) is 12.1 Å². The zero-order valence-electron chi connectivity index (χ0n) is 11.1. The van der Waals surface area contributed by atoms with Gasteiger partial charge in [-0.3, -0.25) is 0 Å². The van der Waals surface area contributed by atoms with Gasteiger partial charge in [0.2, 0.25) is 0 Å². The van der Waals surface area contributed by atoms with Gasteiger partial charge in [-0.2, -0.15) is 8.78 Å². The predicted octanol–water partition coefficient (Wildman–Crippen LogP) is 3.28. The predicted molar refractivity (Wildman–Crippen MR) is 76.2 cm³/mol. The van der Waals surface area contributed by atoms with Crippen LogP contribution in [-0.4, -0.2) is 29.5 Å². The number of aliphatic hydroxyl groups is 1. The molecule has 0 aliphatic rings. The number of aliphatic hydroxyl groups excluding tert-OH is 1. The number of thioether (sulfide) groups is 1.